The van der Waals surface area contributed by atoms with E-state index < -0.39 is 11.8 Å². The van der Waals surface area contributed by atoms with Crippen molar-refractivity contribution in [1.29, 1.82) is 0 Å². The Morgan fingerprint density at radius 3 is 2.93 bits per heavy atom. The Hall–Kier alpha value is -1.84. The van der Waals surface area contributed by atoms with Gasteiger partial charge in [-0.1, -0.05) is 6.07 Å². The van der Waals surface area contributed by atoms with Gasteiger partial charge < -0.3 is 9.72 Å². The molecule has 4 heteroatoms. The summed E-state index contributed by atoms with van der Waals surface area (Å²) in [5, 5.41) is 0.732. The average Bonchev–Trinajstić information content (AvgIpc) is 2.66. The summed E-state index contributed by atoms with van der Waals surface area (Å²) in [5.41, 5.74) is 0.273. The normalized spacial score (nSPS) is 10.4. The molecule has 0 saturated carbocycles. The molecule has 1 aromatic carbocycles. The highest BCUT2D eigenvalue weighted by Crippen LogP contribution is 2.19. The molecule has 0 amide bonds. The number of carbonyl (C=O) groups excluding carboxylic acids is 1. The van der Waals surface area contributed by atoms with Crippen LogP contribution >= 0.6 is 0 Å². The molecular formula is C10H8FNO2. The van der Waals surface area contributed by atoms with Crippen molar-refractivity contribution in [3.05, 3.63) is 35.8 Å². The lowest BCUT2D eigenvalue weighted by molar-refractivity contribution is 0.0596. The van der Waals surface area contributed by atoms with E-state index in [0.29, 0.717) is 5.52 Å². The number of aromatic nitrogens is 1. The van der Waals surface area contributed by atoms with E-state index in [1.165, 1.54) is 13.2 Å². The van der Waals surface area contributed by atoms with E-state index in [1.54, 1.807) is 18.3 Å². The minimum atomic E-state index is -0.668. The van der Waals surface area contributed by atoms with E-state index in [9.17, 15) is 9.18 Å². The monoisotopic (exact) mass is 193 g/mol. The number of aromatic amines is 1. The Kier molecular flexibility index (Phi) is 1.96. The molecule has 0 bridgehead atoms. The second-order valence-corrected chi connectivity index (χ2v) is 2.86. The van der Waals surface area contributed by atoms with E-state index >= 15 is 0 Å². The molecule has 1 aromatic heterocycles. The molecular weight excluding hydrogens is 185 g/mol. The molecule has 2 aromatic rings. The molecule has 0 aliphatic carbocycles. The van der Waals surface area contributed by atoms with Crippen molar-refractivity contribution < 1.29 is 13.9 Å². The van der Waals surface area contributed by atoms with Gasteiger partial charge >= 0.3 is 5.97 Å². The van der Waals surface area contributed by atoms with E-state index in [0.717, 1.165) is 5.39 Å². The lowest BCUT2D eigenvalue weighted by atomic mass is 10.1. The molecule has 0 saturated heterocycles. The Balaban J connectivity index is 2.67. The zero-order valence-corrected chi connectivity index (χ0v) is 7.50. The van der Waals surface area contributed by atoms with Crippen LogP contribution < -0.4 is 0 Å². The number of ether oxygens (including phenoxy) is 1. The Bertz CT molecular complexity index is 490. The second-order valence-electron chi connectivity index (χ2n) is 2.86. The summed E-state index contributed by atoms with van der Waals surface area (Å²) in [6, 6.07) is 4.82. The summed E-state index contributed by atoms with van der Waals surface area (Å²) in [6.45, 7) is 0. The molecule has 14 heavy (non-hydrogen) atoms. The predicted molar refractivity (Wildman–Crippen MR) is 49.6 cm³/mol. The van der Waals surface area contributed by atoms with Crippen LogP contribution in [0.5, 0.6) is 0 Å². The van der Waals surface area contributed by atoms with Gasteiger partial charge in [0.25, 0.3) is 0 Å². The third kappa shape index (κ3) is 1.16. The number of carbonyl (C=O) groups is 1. The van der Waals surface area contributed by atoms with Crippen LogP contribution in [0, 0.1) is 5.82 Å². The van der Waals surface area contributed by atoms with Gasteiger partial charge in [0.15, 0.2) is 5.82 Å². The first-order valence-corrected chi connectivity index (χ1v) is 4.08. The molecule has 2 rings (SSSR count). The first kappa shape index (κ1) is 8.74. The van der Waals surface area contributed by atoms with Crippen LogP contribution in [-0.2, 0) is 4.74 Å². The van der Waals surface area contributed by atoms with Gasteiger partial charge in [0.2, 0.25) is 0 Å². The molecule has 0 fully saturated rings. The fraction of sp³-hybridized carbons (Fsp3) is 0.100. The zero-order chi connectivity index (χ0) is 10.1. The number of halogens is 1. The van der Waals surface area contributed by atoms with Gasteiger partial charge in [0.05, 0.1) is 18.2 Å². The van der Waals surface area contributed by atoms with Crippen LogP contribution in [-0.4, -0.2) is 18.1 Å². The van der Waals surface area contributed by atoms with E-state index in [4.69, 9.17) is 0 Å². The van der Waals surface area contributed by atoms with Gasteiger partial charge in [-0.15, -0.1) is 0 Å². The Morgan fingerprint density at radius 2 is 2.21 bits per heavy atom. The lowest BCUT2D eigenvalue weighted by Crippen LogP contribution is -2.04. The molecule has 72 valence electrons. The summed E-state index contributed by atoms with van der Waals surface area (Å²) < 4.78 is 18.1. The van der Waals surface area contributed by atoms with Gasteiger partial charge in [0.1, 0.15) is 0 Å². The van der Waals surface area contributed by atoms with Crippen LogP contribution in [0.2, 0.25) is 0 Å². The second kappa shape index (κ2) is 3.14. The van der Waals surface area contributed by atoms with Gasteiger partial charge in [-0.2, -0.15) is 0 Å². The van der Waals surface area contributed by atoms with Crippen LogP contribution in [0.1, 0.15) is 10.4 Å². The predicted octanol–water partition coefficient (Wildman–Crippen LogP) is 2.09. The maximum Gasteiger partial charge on any atom is 0.340 e. The summed E-state index contributed by atoms with van der Waals surface area (Å²) >= 11 is 0. The summed E-state index contributed by atoms with van der Waals surface area (Å²) in [7, 11) is 1.22. The third-order valence-electron chi connectivity index (χ3n) is 2.07. The molecule has 0 aliphatic heterocycles. The molecule has 1 heterocycles. The van der Waals surface area contributed by atoms with Crippen molar-refractivity contribution in [3.8, 4) is 0 Å². The topological polar surface area (TPSA) is 42.1 Å². The quantitative estimate of drug-likeness (QED) is 0.704. The highest BCUT2D eigenvalue weighted by Gasteiger charge is 2.14. The number of esters is 1. The van der Waals surface area contributed by atoms with Crippen LogP contribution in [0.25, 0.3) is 10.9 Å². The van der Waals surface area contributed by atoms with E-state index in [1.807, 2.05) is 0 Å². The molecule has 0 radical (unpaired) electrons. The standard InChI is InChI=1S/C10H8FNO2/c1-14-10(13)7-3-2-6-4-5-12-9(6)8(7)11/h2-5,12H,1H3. The van der Waals surface area contributed by atoms with Crippen molar-refractivity contribution in [2.45, 2.75) is 0 Å². The van der Waals surface area contributed by atoms with Crippen molar-refractivity contribution in [3.63, 3.8) is 0 Å². The van der Waals surface area contributed by atoms with Gasteiger partial charge in [-0.05, 0) is 12.1 Å². The molecule has 0 spiro atoms. The molecule has 0 unspecified atom stereocenters. The first-order chi connectivity index (χ1) is 6.74. The van der Waals surface area contributed by atoms with Crippen LogP contribution in [0.3, 0.4) is 0 Å². The summed E-state index contributed by atoms with van der Waals surface area (Å²) in [4.78, 5) is 13.8. The summed E-state index contributed by atoms with van der Waals surface area (Å²) in [6.07, 6.45) is 1.62. The van der Waals surface area contributed by atoms with Gasteiger partial charge in [-0.25, -0.2) is 9.18 Å². The van der Waals surface area contributed by atoms with Gasteiger partial charge in [-0.3, -0.25) is 0 Å². The number of hydrogen-bond acceptors (Lipinski definition) is 2. The first-order valence-electron chi connectivity index (χ1n) is 4.08. The minimum absolute atomic E-state index is 0.0533. The van der Waals surface area contributed by atoms with E-state index in [2.05, 4.69) is 9.72 Å². The molecule has 0 atom stereocenters. The molecule has 1 N–H and O–H groups in total. The number of H-pyrrole nitrogens is 1. The number of fused-ring (bicyclic) bond motifs is 1. The summed E-state index contributed by atoms with van der Waals surface area (Å²) in [5.74, 6) is -1.24. The zero-order valence-electron chi connectivity index (χ0n) is 7.50. The van der Waals surface area contributed by atoms with Crippen molar-refractivity contribution in [2.75, 3.05) is 7.11 Å². The molecule has 3 nitrogen and oxygen atoms in total. The fourth-order valence-electron chi connectivity index (χ4n) is 1.36. The lowest BCUT2D eigenvalue weighted by Gasteiger charge is -2.01. The fourth-order valence-corrected chi connectivity index (χ4v) is 1.36. The highest BCUT2D eigenvalue weighted by molar-refractivity contribution is 5.94. The average molecular weight is 193 g/mol. The van der Waals surface area contributed by atoms with Crippen molar-refractivity contribution in [1.82, 2.24) is 4.98 Å². The van der Waals surface area contributed by atoms with Crippen LogP contribution in [0.15, 0.2) is 24.4 Å². The SMILES string of the molecule is COC(=O)c1ccc2cc[nH]c2c1F. The van der Waals surface area contributed by atoms with Crippen LogP contribution in [0.4, 0.5) is 4.39 Å². The Labute approximate surface area is 79.5 Å². The number of methoxy groups -OCH3 is 1. The number of nitrogens with one attached hydrogen (secondary N) is 1. The van der Waals surface area contributed by atoms with Crippen molar-refractivity contribution >= 4 is 16.9 Å². The number of rotatable bonds is 1. The number of benzene rings is 1. The highest BCUT2D eigenvalue weighted by atomic mass is 19.1. The smallest absolute Gasteiger partial charge is 0.340 e. The maximum atomic E-state index is 13.6. The molecule has 0 aliphatic rings. The van der Waals surface area contributed by atoms with E-state index in [-0.39, 0.29) is 5.56 Å². The van der Waals surface area contributed by atoms with Gasteiger partial charge in [0, 0.05) is 11.6 Å². The van der Waals surface area contributed by atoms with Crippen molar-refractivity contribution in [2.24, 2.45) is 0 Å². The maximum absolute atomic E-state index is 13.6. The minimum Gasteiger partial charge on any atom is -0.465 e. The number of hydrogen-bond donors (Lipinski definition) is 1. The largest absolute Gasteiger partial charge is 0.465 e. The third-order valence-corrected chi connectivity index (χ3v) is 2.07. The Morgan fingerprint density at radius 1 is 1.43 bits per heavy atom.